The molecule has 4 nitrogen and oxygen atoms in total. The van der Waals surface area contributed by atoms with Gasteiger partial charge in [-0.1, -0.05) is 12.1 Å². The van der Waals surface area contributed by atoms with E-state index in [1.165, 1.54) is 12.8 Å². The molecule has 0 unspecified atom stereocenters. The van der Waals surface area contributed by atoms with E-state index >= 15 is 0 Å². The third-order valence-corrected chi connectivity index (χ3v) is 2.98. The molecule has 98 valence electrons. The summed E-state index contributed by atoms with van der Waals surface area (Å²) in [4.78, 5) is 0. The average Bonchev–Trinajstić information content (AvgIpc) is 3.24. The van der Waals surface area contributed by atoms with Gasteiger partial charge >= 0.3 is 0 Å². The summed E-state index contributed by atoms with van der Waals surface area (Å²) in [6.45, 7) is 2.88. The molecule has 1 aromatic heterocycles. The Balaban J connectivity index is 1.79. The van der Waals surface area contributed by atoms with Gasteiger partial charge in [-0.05, 0) is 44.0 Å². The fourth-order valence-corrected chi connectivity index (χ4v) is 1.87. The normalized spacial score (nSPS) is 14.2. The van der Waals surface area contributed by atoms with Crippen molar-refractivity contribution in [1.29, 1.82) is 0 Å². The average molecular weight is 255 g/mol. The van der Waals surface area contributed by atoms with Crippen LogP contribution in [0.1, 0.15) is 19.8 Å². The lowest BCUT2D eigenvalue weighted by Crippen LogP contribution is -2.00. The van der Waals surface area contributed by atoms with Gasteiger partial charge in [-0.3, -0.25) is 0 Å². The number of rotatable bonds is 5. The highest BCUT2D eigenvalue weighted by molar-refractivity contribution is 5.61. The largest absolute Gasteiger partial charge is 0.490 e. The maximum atomic E-state index is 5.79. The smallest absolute Gasteiger partial charge is 0.148 e. The van der Waals surface area contributed by atoms with Crippen molar-refractivity contribution in [3.63, 3.8) is 0 Å². The Morgan fingerprint density at radius 3 is 2.79 bits per heavy atom. The first-order valence-electron chi connectivity index (χ1n) is 6.70. The van der Waals surface area contributed by atoms with Gasteiger partial charge in [0.15, 0.2) is 0 Å². The quantitative estimate of drug-likeness (QED) is 0.891. The number of ether oxygens (including phenoxy) is 1. The van der Waals surface area contributed by atoms with E-state index in [9.17, 15) is 0 Å². The van der Waals surface area contributed by atoms with Crippen molar-refractivity contribution in [2.24, 2.45) is 0 Å². The van der Waals surface area contributed by atoms with E-state index in [4.69, 9.17) is 4.74 Å². The van der Waals surface area contributed by atoms with Crippen molar-refractivity contribution >= 4 is 5.82 Å². The van der Waals surface area contributed by atoms with Crippen LogP contribution in [0.15, 0.2) is 36.4 Å². The highest BCUT2D eigenvalue weighted by Crippen LogP contribution is 2.29. The number of aromatic nitrogens is 2. The summed E-state index contributed by atoms with van der Waals surface area (Å²) in [5, 5.41) is 11.5. The summed E-state index contributed by atoms with van der Waals surface area (Å²) < 4.78 is 5.79. The zero-order valence-corrected chi connectivity index (χ0v) is 11.0. The van der Waals surface area contributed by atoms with Crippen molar-refractivity contribution in [3.8, 4) is 17.0 Å². The molecule has 3 rings (SSSR count). The van der Waals surface area contributed by atoms with E-state index in [0.29, 0.717) is 6.10 Å². The van der Waals surface area contributed by atoms with Crippen LogP contribution in [-0.2, 0) is 0 Å². The minimum absolute atomic E-state index is 0.414. The summed E-state index contributed by atoms with van der Waals surface area (Å²) in [6, 6.07) is 11.9. The SMILES string of the molecule is CCNc1ccc(-c2cccc(OC3CC3)c2)nn1. The number of anilines is 1. The third kappa shape index (κ3) is 3.02. The lowest BCUT2D eigenvalue weighted by Gasteiger charge is -2.07. The molecule has 0 saturated heterocycles. The summed E-state index contributed by atoms with van der Waals surface area (Å²) in [5.41, 5.74) is 1.90. The van der Waals surface area contributed by atoms with Crippen LogP contribution in [0.2, 0.25) is 0 Å². The second kappa shape index (κ2) is 5.26. The maximum absolute atomic E-state index is 5.79. The van der Waals surface area contributed by atoms with Gasteiger partial charge in [-0.2, -0.15) is 0 Å². The lowest BCUT2D eigenvalue weighted by molar-refractivity contribution is 0.303. The standard InChI is InChI=1S/C15H17N3O/c1-2-16-15-9-8-14(17-18-15)11-4-3-5-13(10-11)19-12-6-7-12/h3-5,8-10,12H,2,6-7H2,1H3,(H,16,18). The first-order valence-corrected chi connectivity index (χ1v) is 6.70. The molecule has 19 heavy (non-hydrogen) atoms. The van der Waals surface area contributed by atoms with E-state index in [2.05, 4.69) is 15.5 Å². The molecular weight excluding hydrogens is 238 g/mol. The van der Waals surface area contributed by atoms with Gasteiger partial charge < -0.3 is 10.1 Å². The van der Waals surface area contributed by atoms with Crippen LogP contribution in [0, 0.1) is 0 Å². The van der Waals surface area contributed by atoms with Crippen molar-refractivity contribution < 1.29 is 4.74 Å². The van der Waals surface area contributed by atoms with Crippen LogP contribution < -0.4 is 10.1 Å². The molecule has 0 spiro atoms. The Morgan fingerprint density at radius 1 is 1.21 bits per heavy atom. The topological polar surface area (TPSA) is 47.0 Å². The summed E-state index contributed by atoms with van der Waals surface area (Å²) in [5.74, 6) is 1.72. The molecule has 0 amide bonds. The van der Waals surface area contributed by atoms with E-state index < -0.39 is 0 Å². The zero-order valence-electron chi connectivity index (χ0n) is 11.0. The number of nitrogens with zero attached hydrogens (tertiary/aromatic N) is 2. The van der Waals surface area contributed by atoms with E-state index in [1.807, 2.05) is 43.3 Å². The number of hydrogen-bond donors (Lipinski definition) is 1. The van der Waals surface area contributed by atoms with Gasteiger partial charge in [0, 0.05) is 12.1 Å². The molecule has 2 aromatic rings. The second-order valence-electron chi connectivity index (χ2n) is 4.68. The first-order chi connectivity index (χ1) is 9.35. The molecule has 1 aliphatic rings. The third-order valence-electron chi connectivity index (χ3n) is 2.98. The Labute approximate surface area is 112 Å². The van der Waals surface area contributed by atoms with Gasteiger partial charge in [-0.25, -0.2) is 0 Å². The predicted molar refractivity (Wildman–Crippen MR) is 75.3 cm³/mol. The van der Waals surface area contributed by atoms with Crippen LogP contribution in [0.3, 0.4) is 0 Å². The van der Waals surface area contributed by atoms with Crippen LogP contribution in [0.4, 0.5) is 5.82 Å². The lowest BCUT2D eigenvalue weighted by atomic mass is 10.1. The number of nitrogens with one attached hydrogen (secondary N) is 1. The Kier molecular flexibility index (Phi) is 3.31. The van der Waals surface area contributed by atoms with Gasteiger partial charge in [0.05, 0.1) is 11.8 Å². The fraction of sp³-hybridized carbons (Fsp3) is 0.333. The highest BCUT2D eigenvalue weighted by atomic mass is 16.5. The van der Waals surface area contributed by atoms with Gasteiger partial charge in [-0.15, -0.1) is 10.2 Å². The van der Waals surface area contributed by atoms with E-state index in [1.54, 1.807) is 0 Å². The molecule has 4 heteroatoms. The summed E-state index contributed by atoms with van der Waals surface area (Å²) >= 11 is 0. The fourth-order valence-electron chi connectivity index (χ4n) is 1.87. The van der Waals surface area contributed by atoms with Crippen molar-refractivity contribution in [1.82, 2.24) is 10.2 Å². The van der Waals surface area contributed by atoms with Gasteiger partial charge in [0.2, 0.25) is 0 Å². The Hall–Kier alpha value is -2.10. The monoisotopic (exact) mass is 255 g/mol. The van der Waals surface area contributed by atoms with Crippen LogP contribution in [0.5, 0.6) is 5.75 Å². The molecule has 1 aliphatic carbocycles. The number of hydrogen-bond acceptors (Lipinski definition) is 4. The van der Waals surface area contributed by atoms with Crippen LogP contribution in [-0.4, -0.2) is 22.8 Å². The molecule has 1 saturated carbocycles. The number of benzene rings is 1. The molecule has 1 fully saturated rings. The highest BCUT2D eigenvalue weighted by Gasteiger charge is 2.23. The predicted octanol–water partition coefficient (Wildman–Crippen LogP) is 3.12. The van der Waals surface area contributed by atoms with Crippen molar-refractivity contribution in [3.05, 3.63) is 36.4 Å². The molecule has 0 aliphatic heterocycles. The van der Waals surface area contributed by atoms with Crippen molar-refractivity contribution in [2.45, 2.75) is 25.9 Å². The molecule has 1 heterocycles. The molecule has 0 atom stereocenters. The molecular formula is C15H17N3O. The van der Waals surface area contributed by atoms with E-state index in [0.717, 1.165) is 29.4 Å². The summed E-state index contributed by atoms with van der Waals surface area (Å²) in [6.07, 6.45) is 2.75. The molecule has 1 aromatic carbocycles. The summed E-state index contributed by atoms with van der Waals surface area (Å²) in [7, 11) is 0. The van der Waals surface area contributed by atoms with Crippen molar-refractivity contribution in [2.75, 3.05) is 11.9 Å². The second-order valence-corrected chi connectivity index (χ2v) is 4.68. The van der Waals surface area contributed by atoms with Gasteiger partial charge in [0.25, 0.3) is 0 Å². The van der Waals surface area contributed by atoms with E-state index in [-0.39, 0.29) is 0 Å². The molecule has 0 bridgehead atoms. The minimum Gasteiger partial charge on any atom is -0.490 e. The zero-order chi connectivity index (χ0) is 13.1. The Morgan fingerprint density at radius 2 is 2.11 bits per heavy atom. The first kappa shape index (κ1) is 12.0. The molecule has 0 radical (unpaired) electrons. The maximum Gasteiger partial charge on any atom is 0.148 e. The minimum atomic E-state index is 0.414. The molecule has 1 N–H and O–H groups in total. The van der Waals surface area contributed by atoms with Crippen LogP contribution in [0.25, 0.3) is 11.3 Å². The van der Waals surface area contributed by atoms with Gasteiger partial charge in [0.1, 0.15) is 11.6 Å². The Bertz CT molecular complexity index is 550. The van der Waals surface area contributed by atoms with Crippen LogP contribution >= 0.6 is 0 Å².